The third-order valence-corrected chi connectivity index (χ3v) is 5.22. The van der Waals surface area contributed by atoms with Gasteiger partial charge in [0.15, 0.2) is 0 Å². The summed E-state index contributed by atoms with van der Waals surface area (Å²) in [5.74, 6) is 2.23. The molecular weight excluding hydrogens is 280 g/mol. The molecule has 0 spiro atoms. The molecule has 21 heavy (non-hydrogen) atoms. The Kier molecular flexibility index (Phi) is 5.20. The zero-order chi connectivity index (χ0) is 14.5. The van der Waals surface area contributed by atoms with E-state index in [1.54, 1.807) is 0 Å². The van der Waals surface area contributed by atoms with E-state index in [9.17, 15) is 0 Å². The highest BCUT2D eigenvalue weighted by Gasteiger charge is 2.26. The molecule has 2 aliphatic rings. The van der Waals surface area contributed by atoms with Crippen LogP contribution in [0.25, 0.3) is 0 Å². The van der Waals surface area contributed by atoms with Gasteiger partial charge in [-0.2, -0.15) is 11.8 Å². The van der Waals surface area contributed by atoms with Gasteiger partial charge in [0.1, 0.15) is 6.10 Å². The molecule has 2 heterocycles. The quantitative estimate of drug-likeness (QED) is 0.835. The summed E-state index contributed by atoms with van der Waals surface area (Å²) < 4.78 is 0. The molecule has 4 heteroatoms. The van der Waals surface area contributed by atoms with Crippen molar-refractivity contribution in [3.63, 3.8) is 0 Å². The average Bonchev–Trinajstić information content (AvgIpc) is 2.99. The zero-order valence-electron chi connectivity index (χ0n) is 12.7. The van der Waals surface area contributed by atoms with Crippen LogP contribution in [0.3, 0.4) is 0 Å². The van der Waals surface area contributed by atoms with E-state index in [0.717, 1.165) is 24.6 Å². The second kappa shape index (κ2) is 7.32. The largest absolute Gasteiger partial charge is 0.390 e. The minimum absolute atomic E-state index is 0.234. The number of oxime groups is 1. The lowest BCUT2D eigenvalue weighted by atomic mass is 9.98. The van der Waals surface area contributed by atoms with Gasteiger partial charge in [0.25, 0.3) is 0 Å². The molecule has 3 nitrogen and oxygen atoms in total. The van der Waals surface area contributed by atoms with Gasteiger partial charge in [0.2, 0.25) is 0 Å². The number of piperidine rings is 1. The van der Waals surface area contributed by atoms with Crippen LogP contribution in [-0.4, -0.2) is 48.4 Å². The van der Waals surface area contributed by atoms with Crippen LogP contribution in [0, 0.1) is 5.92 Å². The molecule has 0 aliphatic carbocycles. The van der Waals surface area contributed by atoms with Gasteiger partial charge in [-0.05, 0) is 49.4 Å². The fourth-order valence-electron chi connectivity index (χ4n) is 3.19. The minimum Gasteiger partial charge on any atom is -0.390 e. The first-order valence-electron chi connectivity index (χ1n) is 7.84. The predicted octanol–water partition coefficient (Wildman–Crippen LogP) is 3.25. The summed E-state index contributed by atoms with van der Waals surface area (Å²) in [4.78, 5) is 8.19. The van der Waals surface area contributed by atoms with E-state index in [1.165, 1.54) is 37.2 Å². The van der Waals surface area contributed by atoms with Gasteiger partial charge < -0.3 is 4.84 Å². The molecule has 1 saturated heterocycles. The highest BCUT2D eigenvalue weighted by atomic mass is 32.2. The van der Waals surface area contributed by atoms with Gasteiger partial charge in [-0.25, -0.2) is 0 Å². The molecule has 0 bridgehead atoms. The van der Waals surface area contributed by atoms with E-state index in [-0.39, 0.29) is 6.10 Å². The first-order valence-corrected chi connectivity index (χ1v) is 9.24. The molecule has 1 aromatic carbocycles. The predicted molar refractivity (Wildman–Crippen MR) is 90.0 cm³/mol. The monoisotopic (exact) mass is 304 g/mol. The summed E-state index contributed by atoms with van der Waals surface area (Å²) in [5.41, 5.74) is 2.29. The third-order valence-electron chi connectivity index (χ3n) is 4.41. The van der Waals surface area contributed by atoms with Crippen molar-refractivity contribution in [1.82, 2.24) is 4.90 Å². The van der Waals surface area contributed by atoms with Gasteiger partial charge in [-0.1, -0.05) is 35.5 Å². The Morgan fingerprint density at radius 1 is 1.24 bits per heavy atom. The number of nitrogens with zero attached hydrogens (tertiary/aromatic N) is 2. The second-order valence-electron chi connectivity index (χ2n) is 6.03. The number of thioether (sulfide) groups is 1. The molecule has 0 aromatic heterocycles. The molecular formula is C17H24N2OS. The lowest BCUT2D eigenvalue weighted by Gasteiger charge is -2.32. The molecule has 3 rings (SSSR count). The maximum Gasteiger partial charge on any atom is 0.145 e. The summed E-state index contributed by atoms with van der Waals surface area (Å²) in [6.45, 7) is 3.45. The van der Waals surface area contributed by atoms with E-state index < -0.39 is 0 Å². The summed E-state index contributed by atoms with van der Waals surface area (Å²) in [6, 6.07) is 10.4. The van der Waals surface area contributed by atoms with Crippen LogP contribution in [0.15, 0.2) is 35.5 Å². The normalized spacial score (nSPS) is 23.9. The molecule has 0 N–H and O–H groups in total. The highest BCUT2D eigenvalue weighted by Crippen LogP contribution is 2.23. The van der Waals surface area contributed by atoms with E-state index in [4.69, 9.17) is 4.84 Å². The lowest BCUT2D eigenvalue weighted by molar-refractivity contribution is 0.0432. The standard InChI is InChI=1S/C17H24N2OS/c1-21-13-14-7-9-19(10-8-14)12-16-11-17(18-20-16)15-5-3-2-4-6-15/h2-6,14,16H,7-13H2,1H3. The maximum absolute atomic E-state index is 5.64. The van der Waals surface area contributed by atoms with E-state index in [2.05, 4.69) is 40.6 Å². The molecule has 0 saturated carbocycles. The summed E-state index contributed by atoms with van der Waals surface area (Å²) in [7, 11) is 0. The molecule has 1 aromatic rings. The Bertz CT molecular complexity index is 469. The van der Waals surface area contributed by atoms with Crippen molar-refractivity contribution in [2.24, 2.45) is 11.1 Å². The van der Waals surface area contributed by atoms with Crippen molar-refractivity contribution < 1.29 is 4.84 Å². The van der Waals surface area contributed by atoms with E-state index in [1.807, 2.05) is 17.8 Å². The molecule has 1 atom stereocenters. The van der Waals surface area contributed by atoms with Gasteiger partial charge >= 0.3 is 0 Å². The SMILES string of the molecule is CSCC1CCN(CC2CC(c3ccccc3)=NO2)CC1. The fourth-order valence-corrected chi connectivity index (χ4v) is 3.99. The van der Waals surface area contributed by atoms with E-state index >= 15 is 0 Å². The molecule has 1 unspecified atom stereocenters. The van der Waals surface area contributed by atoms with Crippen molar-refractivity contribution in [3.05, 3.63) is 35.9 Å². The second-order valence-corrected chi connectivity index (χ2v) is 6.95. The Morgan fingerprint density at radius 2 is 2.00 bits per heavy atom. The molecule has 0 amide bonds. The van der Waals surface area contributed by atoms with Crippen LogP contribution in [0.4, 0.5) is 0 Å². The Hall–Kier alpha value is -1.00. The van der Waals surface area contributed by atoms with Crippen LogP contribution in [-0.2, 0) is 4.84 Å². The third kappa shape index (κ3) is 4.01. The zero-order valence-corrected chi connectivity index (χ0v) is 13.5. The van der Waals surface area contributed by atoms with Crippen LogP contribution in [0.1, 0.15) is 24.8 Å². The van der Waals surface area contributed by atoms with Gasteiger partial charge in [0, 0.05) is 13.0 Å². The number of hydrogen-bond donors (Lipinski definition) is 0. The molecule has 114 valence electrons. The van der Waals surface area contributed by atoms with Crippen LogP contribution >= 0.6 is 11.8 Å². The van der Waals surface area contributed by atoms with E-state index in [0.29, 0.717) is 0 Å². The van der Waals surface area contributed by atoms with Crippen molar-refractivity contribution in [1.29, 1.82) is 0 Å². The van der Waals surface area contributed by atoms with Crippen molar-refractivity contribution in [2.45, 2.75) is 25.4 Å². The van der Waals surface area contributed by atoms with Crippen LogP contribution < -0.4 is 0 Å². The van der Waals surface area contributed by atoms with Crippen molar-refractivity contribution in [2.75, 3.05) is 31.6 Å². The van der Waals surface area contributed by atoms with Gasteiger partial charge in [-0.15, -0.1) is 0 Å². The molecule has 0 radical (unpaired) electrons. The van der Waals surface area contributed by atoms with Crippen LogP contribution in [0.2, 0.25) is 0 Å². The summed E-state index contributed by atoms with van der Waals surface area (Å²) >= 11 is 1.98. The number of hydrogen-bond acceptors (Lipinski definition) is 4. The Labute approximate surface area is 131 Å². The highest BCUT2D eigenvalue weighted by molar-refractivity contribution is 7.98. The maximum atomic E-state index is 5.64. The van der Waals surface area contributed by atoms with Gasteiger partial charge in [0.05, 0.1) is 5.71 Å². The first-order chi connectivity index (χ1) is 10.3. The molecule has 2 aliphatic heterocycles. The van der Waals surface area contributed by atoms with Crippen LogP contribution in [0.5, 0.6) is 0 Å². The molecule has 1 fully saturated rings. The number of benzene rings is 1. The van der Waals surface area contributed by atoms with Crippen molar-refractivity contribution in [3.8, 4) is 0 Å². The smallest absolute Gasteiger partial charge is 0.145 e. The lowest BCUT2D eigenvalue weighted by Crippen LogP contribution is -2.39. The summed E-state index contributed by atoms with van der Waals surface area (Å²) in [5, 5.41) is 4.28. The van der Waals surface area contributed by atoms with Crippen molar-refractivity contribution >= 4 is 17.5 Å². The topological polar surface area (TPSA) is 24.8 Å². The Balaban J connectivity index is 1.44. The summed E-state index contributed by atoms with van der Waals surface area (Å²) in [6.07, 6.45) is 6.05. The number of rotatable bonds is 5. The fraction of sp³-hybridized carbons (Fsp3) is 0.588. The number of likely N-dealkylation sites (tertiary alicyclic amines) is 1. The average molecular weight is 304 g/mol. The Morgan fingerprint density at radius 3 is 2.71 bits per heavy atom. The van der Waals surface area contributed by atoms with Gasteiger partial charge in [-0.3, -0.25) is 4.90 Å². The first kappa shape index (κ1) is 14.9. The minimum atomic E-state index is 0.234.